The second-order valence-corrected chi connectivity index (χ2v) is 6.60. The molecule has 0 N–H and O–H groups in total. The Labute approximate surface area is 160 Å². The van der Waals surface area contributed by atoms with Crippen LogP contribution in [0.4, 0.5) is 0 Å². The molecule has 0 saturated carbocycles. The SMILES string of the molecule is C=CCOC(=O)C(C)(S)Oc1ccc(Oc2nccc(Cl)c2Cl)cc1. The van der Waals surface area contributed by atoms with Crippen LogP contribution in [0.1, 0.15) is 6.92 Å². The summed E-state index contributed by atoms with van der Waals surface area (Å²) in [5.74, 6) is 0.450. The van der Waals surface area contributed by atoms with E-state index >= 15 is 0 Å². The first-order chi connectivity index (χ1) is 11.8. The van der Waals surface area contributed by atoms with E-state index in [1.54, 1.807) is 30.3 Å². The van der Waals surface area contributed by atoms with Crippen LogP contribution in [0, 0.1) is 0 Å². The Morgan fingerprint density at radius 3 is 2.56 bits per heavy atom. The second-order valence-electron chi connectivity index (χ2n) is 4.96. The van der Waals surface area contributed by atoms with Crippen molar-refractivity contribution in [1.82, 2.24) is 4.98 Å². The van der Waals surface area contributed by atoms with Gasteiger partial charge in [-0.3, -0.25) is 0 Å². The van der Waals surface area contributed by atoms with Gasteiger partial charge >= 0.3 is 5.97 Å². The molecule has 2 rings (SSSR count). The van der Waals surface area contributed by atoms with Gasteiger partial charge in [0, 0.05) is 6.20 Å². The lowest BCUT2D eigenvalue weighted by molar-refractivity contribution is -0.152. The van der Waals surface area contributed by atoms with Crippen molar-refractivity contribution in [2.45, 2.75) is 11.9 Å². The van der Waals surface area contributed by atoms with Crippen molar-refractivity contribution in [2.75, 3.05) is 6.61 Å². The summed E-state index contributed by atoms with van der Waals surface area (Å²) in [6, 6.07) is 8.05. The third-order valence-electron chi connectivity index (χ3n) is 2.88. The topological polar surface area (TPSA) is 57.7 Å². The van der Waals surface area contributed by atoms with Crippen LogP contribution in [0.2, 0.25) is 10.0 Å². The number of thiol groups is 1. The molecule has 1 atom stereocenters. The Morgan fingerprint density at radius 2 is 1.92 bits per heavy atom. The quantitative estimate of drug-likeness (QED) is 0.309. The average molecular weight is 400 g/mol. The van der Waals surface area contributed by atoms with Gasteiger partial charge in [0.05, 0.1) is 5.02 Å². The second kappa shape index (κ2) is 8.47. The van der Waals surface area contributed by atoms with Crippen LogP contribution in [0.25, 0.3) is 0 Å². The lowest BCUT2D eigenvalue weighted by Crippen LogP contribution is -2.37. The first-order valence-electron chi connectivity index (χ1n) is 7.11. The van der Waals surface area contributed by atoms with E-state index in [2.05, 4.69) is 24.2 Å². The summed E-state index contributed by atoms with van der Waals surface area (Å²) in [7, 11) is 0. The van der Waals surface area contributed by atoms with E-state index in [1.807, 2.05) is 0 Å². The number of hydrogen-bond acceptors (Lipinski definition) is 6. The largest absolute Gasteiger partial charge is 0.466 e. The minimum absolute atomic E-state index is 0.0819. The van der Waals surface area contributed by atoms with Gasteiger partial charge in [0.25, 0.3) is 0 Å². The van der Waals surface area contributed by atoms with Crippen LogP contribution >= 0.6 is 35.8 Å². The van der Waals surface area contributed by atoms with Gasteiger partial charge in [0.15, 0.2) is 0 Å². The average Bonchev–Trinajstić information content (AvgIpc) is 2.58. The van der Waals surface area contributed by atoms with Crippen molar-refractivity contribution in [1.29, 1.82) is 0 Å². The summed E-state index contributed by atoms with van der Waals surface area (Å²) in [6.07, 6.45) is 2.95. The van der Waals surface area contributed by atoms with Crippen molar-refractivity contribution in [2.24, 2.45) is 0 Å². The number of esters is 1. The van der Waals surface area contributed by atoms with Crippen molar-refractivity contribution in [3.05, 3.63) is 59.2 Å². The maximum Gasteiger partial charge on any atom is 0.361 e. The van der Waals surface area contributed by atoms with Gasteiger partial charge in [-0.1, -0.05) is 35.9 Å². The molecule has 25 heavy (non-hydrogen) atoms. The molecule has 0 aliphatic rings. The zero-order valence-electron chi connectivity index (χ0n) is 13.2. The highest BCUT2D eigenvalue weighted by molar-refractivity contribution is 7.82. The van der Waals surface area contributed by atoms with E-state index in [0.717, 1.165) is 0 Å². The number of rotatable bonds is 7. The van der Waals surface area contributed by atoms with Crippen molar-refractivity contribution in [3.63, 3.8) is 0 Å². The number of benzene rings is 1. The summed E-state index contributed by atoms with van der Waals surface area (Å²) in [4.78, 5) is 14.4. The molecule has 2 aromatic rings. The fraction of sp³-hybridized carbons (Fsp3) is 0.176. The Hall–Kier alpha value is -1.89. The normalized spacial score (nSPS) is 12.8. The summed E-state index contributed by atoms with van der Waals surface area (Å²) >= 11 is 16.1. The highest BCUT2D eigenvalue weighted by Crippen LogP contribution is 2.33. The van der Waals surface area contributed by atoms with Crippen LogP contribution in [-0.4, -0.2) is 22.5 Å². The van der Waals surface area contributed by atoms with Crippen LogP contribution in [0.3, 0.4) is 0 Å². The highest BCUT2D eigenvalue weighted by Gasteiger charge is 2.33. The van der Waals surface area contributed by atoms with Crippen LogP contribution in [0.15, 0.2) is 49.2 Å². The van der Waals surface area contributed by atoms with Gasteiger partial charge in [0.1, 0.15) is 23.1 Å². The van der Waals surface area contributed by atoms with Crippen LogP contribution < -0.4 is 9.47 Å². The molecule has 1 unspecified atom stereocenters. The third-order valence-corrected chi connectivity index (χ3v) is 3.93. The predicted octanol–water partition coefficient (Wildman–Crippen LogP) is 4.93. The lowest BCUT2D eigenvalue weighted by Gasteiger charge is -2.23. The van der Waals surface area contributed by atoms with E-state index in [0.29, 0.717) is 16.5 Å². The molecular weight excluding hydrogens is 385 g/mol. The zero-order valence-corrected chi connectivity index (χ0v) is 15.6. The molecule has 1 heterocycles. The molecule has 8 heteroatoms. The van der Waals surface area contributed by atoms with Crippen molar-refractivity contribution >= 4 is 41.8 Å². The van der Waals surface area contributed by atoms with Gasteiger partial charge < -0.3 is 14.2 Å². The number of ether oxygens (including phenoxy) is 3. The minimum Gasteiger partial charge on any atom is -0.466 e. The first-order valence-corrected chi connectivity index (χ1v) is 8.31. The minimum atomic E-state index is -1.44. The van der Waals surface area contributed by atoms with E-state index in [9.17, 15) is 4.79 Å². The maximum absolute atomic E-state index is 11.9. The fourth-order valence-corrected chi connectivity index (χ4v) is 2.16. The van der Waals surface area contributed by atoms with Gasteiger partial charge in [0.2, 0.25) is 10.8 Å². The number of pyridine rings is 1. The summed E-state index contributed by atoms with van der Waals surface area (Å²) in [5, 5.41) is 0.563. The molecule has 0 spiro atoms. The van der Waals surface area contributed by atoms with E-state index in [1.165, 1.54) is 19.2 Å². The molecule has 0 aliphatic carbocycles. The summed E-state index contributed by atoms with van der Waals surface area (Å²) in [5.41, 5.74) is 0. The standard InChI is InChI=1S/C17H15Cl2NO4S/c1-3-10-22-16(21)17(2,25)24-12-6-4-11(5-7-12)23-15-14(19)13(18)8-9-20-15/h3-9,25H,1,10H2,2H3. The van der Waals surface area contributed by atoms with E-state index in [4.69, 9.17) is 37.4 Å². The number of halogens is 2. The molecular formula is C17H15Cl2NO4S. The zero-order chi connectivity index (χ0) is 18.4. The highest BCUT2D eigenvalue weighted by atomic mass is 35.5. The predicted molar refractivity (Wildman–Crippen MR) is 99.9 cm³/mol. The van der Waals surface area contributed by atoms with E-state index < -0.39 is 10.9 Å². The molecule has 0 fully saturated rings. The molecule has 0 amide bonds. The number of hydrogen-bond donors (Lipinski definition) is 1. The number of carbonyl (C=O) groups is 1. The summed E-state index contributed by atoms with van der Waals surface area (Å²) in [6.45, 7) is 5.04. The molecule has 1 aromatic carbocycles. The van der Waals surface area contributed by atoms with Gasteiger partial charge in [-0.05, 0) is 37.3 Å². The molecule has 0 bridgehead atoms. The molecule has 5 nitrogen and oxygen atoms in total. The number of nitrogens with zero attached hydrogens (tertiary/aromatic N) is 1. The lowest BCUT2D eigenvalue weighted by atomic mass is 10.3. The molecule has 132 valence electrons. The first kappa shape index (κ1) is 19.4. The Bertz CT molecular complexity index is 766. The Morgan fingerprint density at radius 1 is 1.28 bits per heavy atom. The van der Waals surface area contributed by atoms with Gasteiger partial charge in [-0.15, -0.1) is 12.6 Å². The fourth-order valence-electron chi connectivity index (χ4n) is 1.70. The monoisotopic (exact) mass is 399 g/mol. The third kappa shape index (κ3) is 5.29. The van der Waals surface area contributed by atoms with Crippen LogP contribution in [0.5, 0.6) is 17.4 Å². The molecule has 0 radical (unpaired) electrons. The van der Waals surface area contributed by atoms with Crippen LogP contribution in [-0.2, 0) is 9.53 Å². The number of carbonyl (C=O) groups excluding carboxylic acids is 1. The molecule has 0 saturated heterocycles. The Balaban J connectivity index is 2.05. The molecule has 0 aliphatic heterocycles. The Kier molecular flexibility index (Phi) is 6.58. The maximum atomic E-state index is 11.9. The van der Waals surface area contributed by atoms with Crippen molar-refractivity contribution in [3.8, 4) is 17.4 Å². The smallest absolute Gasteiger partial charge is 0.361 e. The van der Waals surface area contributed by atoms with Crippen molar-refractivity contribution < 1.29 is 19.0 Å². The molecule has 1 aromatic heterocycles. The van der Waals surface area contributed by atoms with Gasteiger partial charge in [-0.2, -0.15) is 0 Å². The van der Waals surface area contributed by atoms with Gasteiger partial charge in [-0.25, -0.2) is 9.78 Å². The number of aromatic nitrogens is 1. The summed E-state index contributed by atoms with van der Waals surface area (Å²) < 4.78 is 16.1. The van der Waals surface area contributed by atoms with E-state index in [-0.39, 0.29) is 17.5 Å².